The first-order valence-corrected chi connectivity index (χ1v) is 10.3. The number of rotatable bonds is 6. The van der Waals surface area contributed by atoms with Crippen LogP contribution in [0.1, 0.15) is 17.0 Å². The van der Waals surface area contributed by atoms with Crippen LogP contribution < -0.4 is 9.47 Å². The Labute approximate surface area is 184 Å². The number of benzene rings is 2. The van der Waals surface area contributed by atoms with Gasteiger partial charge < -0.3 is 13.9 Å². The average Bonchev–Trinajstić information content (AvgIpc) is 3.49. The van der Waals surface area contributed by atoms with E-state index in [9.17, 15) is 0 Å². The molecule has 0 saturated carbocycles. The van der Waals surface area contributed by atoms with E-state index in [1.54, 1.807) is 12.3 Å². The second-order valence-corrected chi connectivity index (χ2v) is 7.91. The largest absolute Gasteiger partial charge is 0.454 e. The van der Waals surface area contributed by atoms with E-state index in [1.807, 2.05) is 42.1 Å². The molecule has 1 aliphatic rings. The predicted octanol–water partition coefficient (Wildman–Crippen LogP) is 4.85. The minimum absolute atomic E-state index is 0.192. The molecule has 158 valence electrons. The fourth-order valence-corrected chi connectivity index (χ4v) is 3.85. The molecule has 0 bridgehead atoms. The SMILES string of the molecule is Cc1oc(-c2cc3c(cc2Cl)OCO3)nc1CN(C)Cc1cccc(-n2cccn2)c1. The highest BCUT2D eigenvalue weighted by Gasteiger charge is 2.21. The zero-order chi connectivity index (χ0) is 21.4. The van der Waals surface area contributed by atoms with Gasteiger partial charge in [0.1, 0.15) is 5.76 Å². The standard InChI is InChI=1S/C23H21ClN4O3/c1-15-20(26-23(31-15)18-10-21-22(11-19(18)24)30-14-29-21)13-27(2)12-16-5-3-6-17(9-16)28-8-4-7-25-28/h3-11H,12-14H2,1-2H3. The Morgan fingerprint density at radius 2 is 1.94 bits per heavy atom. The van der Waals surface area contributed by atoms with E-state index in [0.717, 1.165) is 23.7 Å². The third kappa shape index (κ3) is 4.02. The summed E-state index contributed by atoms with van der Waals surface area (Å²) < 4.78 is 18.6. The van der Waals surface area contributed by atoms with Crippen molar-refractivity contribution in [2.75, 3.05) is 13.8 Å². The summed E-state index contributed by atoms with van der Waals surface area (Å²) in [5.74, 6) is 2.52. The Hall–Kier alpha value is -3.29. The number of hydrogen-bond acceptors (Lipinski definition) is 6. The van der Waals surface area contributed by atoms with Crippen molar-refractivity contribution in [3.63, 3.8) is 0 Å². The molecule has 7 nitrogen and oxygen atoms in total. The van der Waals surface area contributed by atoms with Gasteiger partial charge in [-0.05, 0) is 43.8 Å². The Morgan fingerprint density at radius 3 is 2.74 bits per heavy atom. The highest BCUT2D eigenvalue weighted by Crippen LogP contribution is 2.41. The molecule has 0 aliphatic carbocycles. The van der Waals surface area contributed by atoms with Crippen LogP contribution in [0, 0.1) is 6.92 Å². The van der Waals surface area contributed by atoms with Crippen molar-refractivity contribution in [3.8, 4) is 28.6 Å². The highest BCUT2D eigenvalue weighted by molar-refractivity contribution is 6.33. The number of oxazole rings is 1. The maximum absolute atomic E-state index is 6.42. The van der Waals surface area contributed by atoms with E-state index in [1.165, 1.54) is 5.56 Å². The van der Waals surface area contributed by atoms with E-state index in [2.05, 4.69) is 29.2 Å². The van der Waals surface area contributed by atoms with Crippen LogP contribution in [-0.2, 0) is 13.1 Å². The maximum Gasteiger partial charge on any atom is 0.231 e. The van der Waals surface area contributed by atoms with Gasteiger partial charge >= 0.3 is 0 Å². The Bertz CT molecular complexity index is 1220. The van der Waals surface area contributed by atoms with Crippen LogP contribution in [-0.4, -0.2) is 33.5 Å². The summed E-state index contributed by atoms with van der Waals surface area (Å²) in [6.45, 7) is 3.52. The molecular formula is C23H21ClN4O3. The maximum atomic E-state index is 6.42. The fourth-order valence-electron chi connectivity index (χ4n) is 3.61. The first-order valence-electron chi connectivity index (χ1n) is 9.90. The van der Waals surface area contributed by atoms with Crippen LogP contribution in [0.15, 0.2) is 59.3 Å². The van der Waals surface area contributed by atoms with Gasteiger partial charge in [0.2, 0.25) is 12.7 Å². The molecule has 0 radical (unpaired) electrons. The first-order chi connectivity index (χ1) is 15.1. The topological polar surface area (TPSA) is 65.6 Å². The van der Waals surface area contributed by atoms with Gasteiger partial charge in [0.15, 0.2) is 11.5 Å². The number of halogens is 1. The molecule has 31 heavy (non-hydrogen) atoms. The molecule has 1 aliphatic heterocycles. The normalized spacial score (nSPS) is 12.6. The minimum atomic E-state index is 0.192. The quantitative estimate of drug-likeness (QED) is 0.430. The summed E-state index contributed by atoms with van der Waals surface area (Å²) in [6, 6.07) is 13.8. The average molecular weight is 437 g/mol. The lowest BCUT2D eigenvalue weighted by atomic mass is 10.2. The van der Waals surface area contributed by atoms with Crippen molar-refractivity contribution in [2.24, 2.45) is 0 Å². The number of ether oxygens (including phenoxy) is 2. The van der Waals surface area contributed by atoms with Crippen molar-refractivity contribution in [3.05, 3.63) is 76.9 Å². The van der Waals surface area contributed by atoms with Gasteiger partial charge in [0, 0.05) is 31.5 Å². The van der Waals surface area contributed by atoms with Gasteiger partial charge in [-0.25, -0.2) is 9.67 Å². The number of hydrogen-bond donors (Lipinski definition) is 0. The molecule has 4 aromatic rings. The third-order valence-corrected chi connectivity index (χ3v) is 5.45. The van der Waals surface area contributed by atoms with Gasteiger partial charge in [-0.15, -0.1) is 0 Å². The lowest BCUT2D eigenvalue weighted by molar-refractivity contribution is 0.174. The molecule has 8 heteroatoms. The molecule has 5 rings (SSSR count). The van der Waals surface area contributed by atoms with Gasteiger partial charge in [-0.3, -0.25) is 4.90 Å². The van der Waals surface area contributed by atoms with Crippen LogP contribution in [0.25, 0.3) is 17.1 Å². The Kier molecular flexibility index (Phi) is 5.13. The van der Waals surface area contributed by atoms with Crippen molar-refractivity contribution in [1.82, 2.24) is 19.7 Å². The molecule has 0 atom stereocenters. The molecule has 0 saturated heterocycles. The number of nitrogens with zero attached hydrogens (tertiary/aromatic N) is 4. The molecule has 0 N–H and O–H groups in total. The molecule has 0 spiro atoms. The lowest BCUT2D eigenvalue weighted by Gasteiger charge is -2.16. The predicted molar refractivity (Wildman–Crippen MR) is 117 cm³/mol. The van der Waals surface area contributed by atoms with Crippen LogP contribution in [0.5, 0.6) is 11.5 Å². The van der Waals surface area contributed by atoms with Crippen molar-refractivity contribution in [2.45, 2.75) is 20.0 Å². The van der Waals surface area contributed by atoms with Gasteiger partial charge in [0.25, 0.3) is 0 Å². The van der Waals surface area contributed by atoms with Gasteiger partial charge in [-0.1, -0.05) is 23.7 Å². The summed E-state index contributed by atoms with van der Waals surface area (Å²) in [5, 5.41) is 4.81. The van der Waals surface area contributed by atoms with Gasteiger partial charge in [0.05, 0.1) is 22.0 Å². The fraction of sp³-hybridized carbons (Fsp3) is 0.217. The Balaban J connectivity index is 1.32. The summed E-state index contributed by atoms with van der Waals surface area (Å²) >= 11 is 6.42. The Morgan fingerprint density at radius 1 is 1.10 bits per heavy atom. The molecule has 0 unspecified atom stereocenters. The lowest BCUT2D eigenvalue weighted by Crippen LogP contribution is -2.18. The van der Waals surface area contributed by atoms with Crippen LogP contribution in [0.2, 0.25) is 5.02 Å². The van der Waals surface area contributed by atoms with Crippen molar-refractivity contribution < 1.29 is 13.9 Å². The van der Waals surface area contributed by atoms with E-state index in [0.29, 0.717) is 34.5 Å². The molecule has 2 aromatic heterocycles. The van der Waals surface area contributed by atoms with Crippen molar-refractivity contribution in [1.29, 1.82) is 0 Å². The third-order valence-electron chi connectivity index (χ3n) is 5.14. The van der Waals surface area contributed by atoms with E-state index in [4.69, 9.17) is 30.5 Å². The molecular weight excluding hydrogens is 416 g/mol. The second kappa shape index (κ2) is 8.09. The summed E-state index contributed by atoms with van der Waals surface area (Å²) in [4.78, 5) is 6.90. The zero-order valence-electron chi connectivity index (χ0n) is 17.2. The summed E-state index contributed by atoms with van der Waals surface area (Å²) in [6.07, 6.45) is 3.71. The summed E-state index contributed by atoms with van der Waals surface area (Å²) in [5.41, 5.74) is 3.79. The monoisotopic (exact) mass is 436 g/mol. The minimum Gasteiger partial charge on any atom is -0.454 e. The number of fused-ring (bicyclic) bond motifs is 1. The number of aryl methyl sites for hydroxylation is 1. The summed E-state index contributed by atoms with van der Waals surface area (Å²) in [7, 11) is 2.06. The van der Waals surface area contributed by atoms with Crippen LogP contribution in [0.3, 0.4) is 0 Å². The molecule has 3 heterocycles. The van der Waals surface area contributed by atoms with E-state index in [-0.39, 0.29) is 6.79 Å². The zero-order valence-corrected chi connectivity index (χ0v) is 18.0. The second-order valence-electron chi connectivity index (χ2n) is 7.50. The first kappa shape index (κ1) is 19.7. The number of aromatic nitrogens is 3. The van der Waals surface area contributed by atoms with Crippen LogP contribution >= 0.6 is 11.6 Å². The highest BCUT2D eigenvalue weighted by atomic mass is 35.5. The van der Waals surface area contributed by atoms with E-state index >= 15 is 0 Å². The van der Waals surface area contributed by atoms with Crippen LogP contribution in [0.4, 0.5) is 0 Å². The van der Waals surface area contributed by atoms with E-state index < -0.39 is 0 Å². The van der Waals surface area contributed by atoms with Crippen molar-refractivity contribution >= 4 is 11.6 Å². The smallest absolute Gasteiger partial charge is 0.231 e. The van der Waals surface area contributed by atoms with Gasteiger partial charge in [-0.2, -0.15) is 5.10 Å². The molecule has 0 fully saturated rings. The molecule has 0 amide bonds. The molecule has 2 aromatic carbocycles.